The van der Waals surface area contributed by atoms with Gasteiger partial charge in [0.15, 0.2) is 0 Å². The van der Waals surface area contributed by atoms with Crippen LogP contribution >= 0.6 is 11.3 Å². The summed E-state index contributed by atoms with van der Waals surface area (Å²) in [6.07, 6.45) is 4.87. The molecule has 1 aliphatic rings. The van der Waals surface area contributed by atoms with Crippen LogP contribution in [0, 0.1) is 5.41 Å². The molecule has 0 saturated heterocycles. The van der Waals surface area contributed by atoms with E-state index < -0.39 is 11.4 Å². The molecule has 116 valence electrons. The molecule has 3 N–H and O–H groups in total. The summed E-state index contributed by atoms with van der Waals surface area (Å²) in [6, 6.07) is -0.309. The number of carbonyl (C=O) groups excluding carboxylic acids is 1. The molecule has 7 heteroatoms. The summed E-state index contributed by atoms with van der Waals surface area (Å²) in [5.74, 6) is -0.801. The predicted molar refractivity (Wildman–Crippen MR) is 80.4 cm³/mol. The van der Waals surface area contributed by atoms with E-state index in [9.17, 15) is 14.7 Å². The standard InChI is InChI=1S/C14H21N3O3S/c18-12(19)14(5-2-1-3-6-14)9-16-13(20)15-7-4-11-8-21-10-17-11/h8,10H,1-7,9H2,(H,18,19)(H2,15,16,20). The average molecular weight is 311 g/mol. The number of urea groups is 1. The topological polar surface area (TPSA) is 91.3 Å². The molecule has 0 spiro atoms. The fourth-order valence-corrected chi connectivity index (χ4v) is 3.26. The molecule has 1 heterocycles. The van der Waals surface area contributed by atoms with Gasteiger partial charge in [0.05, 0.1) is 16.6 Å². The minimum Gasteiger partial charge on any atom is -0.481 e. The molecular weight excluding hydrogens is 290 g/mol. The zero-order chi connectivity index (χ0) is 15.1. The first kappa shape index (κ1) is 15.8. The Bertz CT molecular complexity index is 470. The quantitative estimate of drug-likeness (QED) is 0.749. The normalized spacial score (nSPS) is 17.1. The number of carbonyl (C=O) groups is 2. The molecular formula is C14H21N3O3S. The maximum Gasteiger partial charge on any atom is 0.314 e. The Kier molecular flexibility index (Phi) is 5.55. The van der Waals surface area contributed by atoms with Crippen LogP contribution in [0.15, 0.2) is 10.9 Å². The lowest BCUT2D eigenvalue weighted by atomic mass is 9.74. The van der Waals surface area contributed by atoms with Gasteiger partial charge in [0.1, 0.15) is 0 Å². The van der Waals surface area contributed by atoms with Crippen molar-refractivity contribution < 1.29 is 14.7 Å². The highest BCUT2D eigenvalue weighted by Gasteiger charge is 2.39. The molecule has 1 aliphatic carbocycles. The molecule has 1 fully saturated rings. The molecule has 21 heavy (non-hydrogen) atoms. The van der Waals surface area contributed by atoms with Crippen LogP contribution in [0.1, 0.15) is 37.8 Å². The van der Waals surface area contributed by atoms with E-state index in [1.165, 1.54) is 11.3 Å². The van der Waals surface area contributed by atoms with Gasteiger partial charge in [-0.1, -0.05) is 19.3 Å². The number of aliphatic carboxylic acids is 1. The Labute approximate surface area is 128 Å². The fourth-order valence-electron chi connectivity index (χ4n) is 2.67. The summed E-state index contributed by atoms with van der Waals surface area (Å²) >= 11 is 1.53. The molecule has 1 saturated carbocycles. The van der Waals surface area contributed by atoms with E-state index in [1.807, 2.05) is 5.38 Å². The first-order valence-electron chi connectivity index (χ1n) is 7.25. The van der Waals surface area contributed by atoms with Gasteiger partial charge in [-0.25, -0.2) is 9.78 Å². The molecule has 0 unspecified atom stereocenters. The second-order valence-electron chi connectivity index (χ2n) is 5.49. The average Bonchev–Trinajstić information content (AvgIpc) is 2.99. The number of carboxylic acids is 1. The Hall–Kier alpha value is -1.63. The van der Waals surface area contributed by atoms with Crippen LogP contribution in [-0.4, -0.2) is 35.2 Å². The van der Waals surface area contributed by atoms with Gasteiger partial charge < -0.3 is 15.7 Å². The second-order valence-corrected chi connectivity index (χ2v) is 6.20. The SMILES string of the molecule is O=C(NCCc1cscn1)NCC1(C(=O)O)CCCCC1. The van der Waals surface area contributed by atoms with Gasteiger partial charge in [-0.2, -0.15) is 0 Å². The van der Waals surface area contributed by atoms with Crippen LogP contribution in [-0.2, 0) is 11.2 Å². The molecule has 1 aromatic rings. The monoisotopic (exact) mass is 311 g/mol. The Balaban J connectivity index is 1.72. The lowest BCUT2D eigenvalue weighted by Crippen LogP contribution is -2.47. The van der Waals surface area contributed by atoms with E-state index in [0.717, 1.165) is 25.0 Å². The van der Waals surface area contributed by atoms with Gasteiger partial charge in [-0.3, -0.25) is 4.79 Å². The maximum atomic E-state index is 11.7. The number of carboxylic acid groups (broad SMARTS) is 1. The fraction of sp³-hybridized carbons (Fsp3) is 0.643. The minimum absolute atomic E-state index is 0.199. The van der Waals surface area contributed by atoms with Crippen molar-refractivity contribution >= 4 is 23.3 Å². The highest BCUT2D eigenvalue weighted by Crippen LogP contribution is 2.35. The summed E-state index contributed by atoms with van der Waals surface area (Å²) in [6.45, 7) is 0.695. The first-order chi connectivity index (χ1) is 10.1. The van der Waals surface area contributed by atoms with Crippen LogP contribution in [0.25, 0.3) is 0 Å². The molecule has 0 bridgehead atoms. The zero-order valence-corrected chi connectivity index (χ0v) is 12.7. The van der Waals surface area contributed by atoms with E-state index in [-0.39, 0.29) is 12.6 Å². The predicted octanol–water partition coefficient (Wildman–Crippen LogP) is 2.02. The number of hydrogen-bond acceptors (Lipinski definition) is 4. The first-order valence-corrected chi connectivity index (χ1v) is 8.19. The van der Waals surface area contributed by atoms with E-state index in [4.69, 9.17) is 0 Å². The summed E-state index contributed by atoms with van der Waals surface area (Å²) in [4.78, 5) is 27.4. The van der Waals surface area contributed by atoms with Gasteiger partial charge in [-0.05, 0) is 12.8 Å². The van der Waals surface area contributed by atoms with Gasteiger partial charge in [0, 0.05) is 24.9 Å². The Morgan fingerprint density at radius 1 is 1.29 bits per heavy atom. The van der Waals surface area contributed by atoms with Gasteiger partial charge in [0.25, 0.3) is 0 Å². The molecule has 0 aromatic carbocycles. The van der Waals surface area contributed by atoms with Crippen LogP contribution < -0.4 is 10.6 Å². The Morgan fingerprint density at radius 2 is 2.05 bits per heavy atom. The third-order valence-corrected chi connectivity index (χ3v) is 4.64. The van der Waals surface area contributed by atoms with E-state index in [1.54, 1.807) is 5.51 Å². The van der Waals surface area contributed by atoms with E-state index >= 15 is 0 Å². The number of rotatable bonds is 6. The summed E-state index contributed by atoms with van der Waals surface area (Å²) in [7, 11) is 0. The minimum atomic E-state index is -0.801. The maximum absolute atomic E-state index is 11.7. The smallest absolute Gasteiger partial charge is 0.314 e. The third-order valence-electron chi connectivity index (χ3n) is 4.00. The van der Waals surface area contributed by atoms with Gasteiger partial charge >= 0.3 is 12.0 Å². The molecule has 2 amide bonds. The van der Waals surface area contributed by atoms with E-state index in [2.05, 4.69) is 15.6 Å². The molecule has 2 rings (SSSR count). The number of nitrogens with zero attached hydrogens (tertiary/aromatic N) is 1. The molecule has 1 aromatic heterocycles. The molecule has 0 radical (unpaired) electrons. The molecule has 6 nitrogen and oxygen atoms in total. The van der Waals surface area contributed by atoms with Crippen molar-refractivity contribution in [3.05, 3.63) is 16.6 Å². The Morgan fingerprint density at radius 3 is 2.67 bits per heavy atom. The van der Waals surface area contributed by atoms with Crippen molar-refractivity contribution in [1.29, 1.82) is 0 Å². The van der Waals surface area contributed by atoms with Crippen molar-refractivity contribution in [3.63, 3.8) is 0 Å². The summed E-state index contributed by atoms with van der Waals surface area (Å²) < 4.78 is 0. The van der Waals surface area contributed by atoms with E-state index in [0.29, 0.717) is 25.8 Å². The van der Waals surface area contributed by atoms with Crippen molar-refractivity contribution in [3.8, 4) is 0 Å². The highest BCUT2D eigenvalue weighted by atomic mass is 32.1. The number of amides is 2. The summed E-state index contributed by atoms with van der Waals surface area (Å²) in [5.41, 5.74) is 1.93. The van der Waals surface area contributed by atoms with Crippen LogP contribution in [0.4, 0.5) is 4.79 Å². The lowest BCUT2D eigenvalue weighted by Gasteiger charge is -2.33. The zero-order valence-electron chi connectivity index (χ0n) is 11.9. The second kappa shape index (κ2) is 7.40. The van der Waals surface area contributed by atoms with Crippen molar-refractivity contribution in [1.82, 2.24) is 15.6 Å². The van der Waals surface area contributed by atoms with Crippen molar-refractivity contribution in [2.75, 3.05) is 13.1 Å². The highest BCUT2D eigenvalue weighted by molar-refractivity contribution is 7.07. The largest absolute Gasteiger partial charge is 0.481 e. The number of aromatic nitrogens is 1. The molecule has 0 atom stereocenters. The number of hydrogen-bond donors (Lipinski definition) is 3. The third kappa shape index (κ3) is 4.42. The number of thiazole rings is 1. The summed E-state index contributed by atoms with van der Waals surface area (Å²) in [5, 5.41) is 16.8. The number of nitrogens with one attached hydrogen (secondary N) is 2. The van der Waals surface area contributed by atoms with Crippen molar-refractivity contribution in [2.45, 2.75) is 38.5 Å². The van der Waals surface area contributed by atoms with Gasteiger partial charge in [0.2, 0.25) is 0 Å². The van der Waals surface area contributed by atoms with Crippen molar-refractivity contribution in [2.24, 2.45) is 5.41 Å². The van der Waals surface area contributed by atoms with Crippen LogP contribution in [0.2, 0.25) is 0 Å². The van der Waals surface area contributed by atoms with Gasteiger partial charge in [-0.15, -0.1) is 11.3 Å². The van der Waals surface area contributed by atoms with Crippen LogP contribution in [0.3, 0.4) is 0 Å². The van der Waals surface area contributed by atoms with Crippen LogP contribution in [0.5, 0.6) is 0 Å². The lowest BCUT2D eigenvalue weighted by molar-refractivity contribution is -0.150. The molecule has 0 aliphatic heterocycles.